The van der Waals surface area contributed by atoms with Crippen molar-refractivity contribution in [3.63, 3.8) is 0 Å². The van der Waals surface area contributed by atoms with Crippen molar-refractivity contribution in [1.82, 2.24) is 20.4 Å². The van der Waals surface area contributed by atoms with E-state index >= 15 is 0 Å². The summed E-state index contributed by atoms with van der Waals surface area (Å²) in [4.78, 5) is 37.8. The number of benzene rings is 1. The summed E-state index contributed by atoms with van der Waals surface area (Å²) in [7, 11) is 0. The van der Waals surface area contributed by atoms with Gasteiger partial charge < -0.3 is 20.3 Å². The molecule has 0 atom stereocenters. The minimum Gasteiger partial charge on any atom is -0.447 e. The summed E-state index contributed by atoms with van der Waals surface area (Å²) >= 11 is 20.5. The maximum atomic E-state index is 12.6. The van der Waals surface area contributed by atoms with E-state index in [9.17, 15) is 14.4 Å². The number of H-pyrrole nitrogens is 1. The van der Waals surface area contributed by atoms with Gasteiger partial charge in [-0.05, 0) is 53.2 Å². The summed E-state index contributed by atoms with van der Waals surface area (Å²) in [5.74, 6) is -0.238. The number of aromatic amines is 1. The van der Waals surface area contributed by atoms with E-state index in [1.807, 2.05) is 0 Å². The van der Waals surface area contributed by atoms with Crippen LogP contribution in [0.5, 0.6) is 0 Å². The van der Waals surface area contributed by atoms with Gasteiger partial charge in [0.05, 0.1) is 15.1 Å². The number of piperidine rings is 1. The second kappa shape index (κ2) is 12.6. The average molecular weight is 596 g/mol. The van der Waals surface area contributed by atoms with E-state index in [4.69, 9.17) is 39.5 Å². The molecule has 0 unspecified atom stereocenters. The first-order chi connectivity index (χ1) is 16.3. The third-order valence-electron chi connectivity index (χ3n) is 5.33. The summed E-state index contributed by atoms with van der Waals surface area (Å²) in [5.41, 5.74) is 0.496. The van der Waals surface area contributed by atoms with Crippen molar-refractivity contribution in [3.8, 4) is 0 Å². The molecule has 34 heavy (non-hydrogen) atoms. The van der Waals surface area contributed by atoms with Crippen molar-refractivity contribution in [2.45, 2.75) is 24.1 Å². The van der Waals surface area contributed by atoms with Crippen LogP contribution >= 0.6 is 50.7 Å². The quantitative estimate of drug-likeness (QED) is 0.378. The Morgan fingerprint density at radius 2 is 1.91 bits per heavy atom. The number of aromatic nitrogens is 2. The number of nitrogens with one attached hydrogen (secondary N) is 3. The molecule has 13 heteroatoms. The fraction of sp³-hybridized carbons (Fsp3) is 0.429. The first-order valence-electron chi connectivity index (χ1n) is 10.5. The lowest BCUT2D eigenvalue weighted by atomic mass is 9.94. The first kappa shape index (κ1) is 26.6. The normalized spacial score (nSPS) is 14.2. The number of hydrogen-bond donors (Lipinski definition) is 3. The monoisotopic (exact) mass is 593 g/mol. The molecule has 0 bridgehead atoms. The molecule has 1 fully saturated rings. The molecule has 1 aliphatic heterocycles. The van der Waals surface area contributed by atoms with Gasteiger partial charge in [0.1, 0.15) is 17.1 Å². The molecule has 3 amide bonds. The second-order valence-electron chi connectivity index (χ2n) is 7.64. The van der Waals surface area contributed by atoms with Crippen molar-refractivity contribution in [2.75, 3.05) is 31.6 Å². The predicted molar refractivity (Wildman–Crippen MR) is 134 cm³/mol. The van der Waals surface area contributed by atoms with Crippen molar-refractivity contribution < 1.29 is 19.1 Å². The van der Waals surface area contributed by atoms with Crippen LogP contribution in [0.1, 0.15) is 40.1 Å². The number of amides is 3. The zero-order valence-electron chi connectivity index (χ0n) is 18.0. The molecule has 1 aromatic carbocycles. The van der Waals surface area contributed by atoms with Crippen LogP contribution in [0.2, 0.25) is 5.02 Å². The van der Waals surface area contributed by atoms with Crippen molar-refractivity contribution in [1.29, 1.82) is 0 Å². The van der Waals surface area contributed by atoms with Gasteiger partial charge in [-0.3, -0.25) is 14.7 Å². The molecule has 184 valence electrons. The molecular formula is C21H23BrCl3N5O4. The van der Waals surface area contributed by atoms with Crippen LogP contribution in [0.15, 0.2) is 28.7 Å². The molecule has 1 aromatic heterocycles. The number of carbonyl (C=O) groups is 3. The molecule has 3 rings (SSSR count). The number of likely N-dealkylation sites (tertiary alicyclic amines) is 1. The van der Waals surface area contributed by atoms with Crippen LogP contribution in [-0.2, 0) is 4.74 Å². The number of rotatable bonds is 8. The van der Waals surface area contributed by atoms with Gasteiger partial charge in [0.2, 0.25) is 0 Å². The Balaban J connectivity index is 1.43. The van der Waals surface area contributed by atoms with Crippen molar-refractivity contribution >= 4 is 74.5 Å². The molecule has 0 saturated carbocycles. The molecule has 2 aromatic rings. The van der Waals surface area contributed by atoms with Crippen LogP contribution in [0.3, 0.4) is 0 Å². The maximum absolute atomic E-state index is 12.6. The standard InChI is InChI=1S/C21H23BrCl3N5O4/c22-16-17(28-29-18(16)27-19(31)13-3-1-2-4-14(13)23)20(32)26-8-5-12-6-9-30(10-7-12)21(33)34-11-15(24)25/h1-4,12,15H,5-11H2,(H,26,32)(H2,27,28,29,31). The van der Waals surface area contributed by atoms with Crippen LogP contribution in [-0.4, -0.2) is 64.1 Å². The third kappa shape index (κ3) is 7.24. The summed E-state index contributed by atoms with van der Waals surface area (Å²) in [5, 5.41) is 12.4. The molecule has 0 aliphatic carbocycles. The van der Waals surface area contributed by atoms with Crippen LogP contribution in [0.4, 0.5) is 10.6 Å². The summed E-state index contributed by atoms with van der Waals surface area (Å²) < 4.78 is 5.37. The molecule has 0 spiro atoms. The Bertz CT molecular complexity index is 1030. The molecular weight excluding hydrogens is 573 g/mol. The lowest BCUT2D eigenvalue weighted by molar-refractivity contribution is 0.0890. The lowest BCUT2D eigenvalue weighted by Gasteiger charge is -2.31. The molecule has 1 aliphatic rings. The largest absolute Gasteiger partial charge is 0.447 e. The van der Waals surface area contributed by atoms with Crippen molar-refractivity contribution in [2.24, 2.45) is 5.92 Å². The summed E-state index contributed by atoms with van der Waals surface area (Å²) in [6.45, 7) is 1.57. The maximum Gasteiger partial charge on any atom is 0.409 e. The highest BCUT2D eigenvalue weighted by atomic mass is 79.9. The molecule has 0 radical (unpaired) electrons. The van der Waals surface area contributed by atoms with Gasteiger partial charge in [0.25, 0.3) is 11.8 Å². The number of nitrogens with zero attached hydrogens (tertiary/aromatic N) is 2. The van der Waals surface area contributed by atoms with Gasteiger partial charge >= 0.3 is 6.09 Å². The number of halogens is 4. The second-order valence-corrected chi connectivity index (χ2v) is 10.1. The Kier molecular flexibility index (Phi) is 9.87. The molecule has 9 nitrogen and oxygen atoms in total. The van der Waals surface area contributed by atoms with Gasteiger partial charge in [-0.2, -0.15) is 5.10 Å². The van der Waals surface area contributed by atoms with Gasteiger partial charge in [-0.25, -0.2) is 4.79 Å². The van der Waals surface area contributed by atoms with Crippen molar-refractivity contribution in [3.05, 3.63) is 45.0 Å². The topological polar surface area (TPSA) is 116 Å². The van der Waals surface area contributed by atoms with E-state index in [1.165, 1.54) is 0 Å². The number of carbonyl (C=O) groups excluding carboxylic acids is 3. The fourth-order valence-corrected chi connectivity index (χ4v) is 4.29. The van der Waals surface area contributed by atoms with Crippen LogP contribution < -0.4 is 10.6 Å². The number of alkyl halides is 2. The highest BCUT2D eigenvalue weighted by Gasteiger charge is 2.25. The van der Waals surface area contributed by atoms with Gasteiger partial charge in [-0.15, -0.1) is 23.2 Å². The Morgan fingerprint density at radius 3 is 2.59 bits per heavy atom. The van der Waals surface area contributed by atoms with Gasteiger partial charge in [0.15, 0.2) is 5.82 Å². The smallest absolute Gasteiger partial charge is 0.409 e. The minimum absolute atomic E-state index is 0.0392. The SMILES string of the molecule is O=C(Nc1n[nH]c(C(=O)NCCC2CCN(C(=O)OCC(Cl)Cl)CC2)c1Br)c1ccccc1Cl. The van der Waals surface area contributed by atoms with Crippen LogP contribution in [0, 0.1) is 5.92 Å². The number of ether oxygens (including phenoxy) is 1. The third-order valence-corrected chi connectivity index (χ3v) is 6.68. The van der Waals surface area contributed by atoms with Gasteiger partial charge in [0, 0.05) is 19.6 Å². The molecule has 2 heterocycles. The zero-order chi connectivity index (χ0) is 24.7. The van der Waals surface area contributed by atoms with E-state index in [0.717, 1.165) is 19.3 Å². The zero-order valence-corrected chi connectivity index (χ0v) is 21.8. The van der Waals surface area contributed by atoms with E-state index in [0.29, 0.717) is 40.6 Å². The number of anilines is 1. The summed E-state index contributed by atoms with van der Waals surface area (Å²) in [6, 6.07) is 6.63. The fourth-order valence-electron chi connectivity index (χ4n) is 3.49. The average Bonchev–Trinajstić information content (AvgIpc) is 3.18. The van der Waals surface area contributed by atoms with E-state index in [1.54, 1.807) is 29.2 Å². The Hall–Kier alpha value is -2.01. The predicted octanol–water partition coefficient (Wildman–Crippen LogP) is 4.85. The lowest BCUT2D eigenvalue weighted by Crippen LogP contribution is -2.40. The van der Waals surface area contributed by atoms with Crippen LogP contribution in [0.25, 0.3) is 0 Å². The highest BCUT2D eigenvalue weighted by molar-refractivity contribution is 9.10. The van der Waals surface area contributed by atoms with E-state index < -0.39 is 16.8 Å². The van der Waals surface area contributed by atoms with Gasteiger partial charge in [-0.1, -0.05) is 23.7 Å². The van der Waals surface area contributed by atoms with E-state index in [-0.39, 0.29) is 24.0 Å². The first-order valence-corrected chi connectivity index (χ1v) is 12.6. The number of hydrogen-bond acceptors (Lipinski definition) is 5. The molecule has 3 N–H and O–H groups in total. The minimum atomic E-state index is -0.741. The highest BCUT2D eigenvalue weighted by Crippen LogP contribution is 2.26. The van der Waals surface area contributed by atoms with E-state index in [2.05, 4.69) is 36.8 Å². The molecule has 1 saturated heterocycles. The Labute approximate surface area is 219 Å². The Morgan fingerprint density at radius 1 is 1.21 bits per heavy atom. The summed E-state index contributed by atoms with van der Waals surface area (Å²) in [6.07, 6.45) is 1.96.